The number of aliphatic hydroxyl groups is 1. The lowest BCUT2D eigenvalue weighted by atomic mass is 9.76. The molecule has 1 aromatic carbocycles. The van der Waals surface area contributed by atoms with Gasteiger partial charge < -0.3 is 9.92 Å². The van der Waals surface area contributed by atoms with E-state index in [1.807, 2.05) is 38.3 Å². The summed E-state index contributed by atoms with van der Waals surface area (Å²) in [6.07, 6.45) is 1.33. The van der Waals surface area contributed by atoms with Crippen LogP contribution >= 0.6 is 0 Å². The zero-order valence-corrected chi connectivity index (χ0v) is 10.1. The van der Waals surface area contributed by atoms with Crippen LogP contribution in [0.3, 0.4) is 0 Å². The zero-order valence-electron chi connectivity index (χ0n) is 10.1. The molecule has 1 aliphatic rings. The number of piperidine rings is 1. The van der Waals surface area contributed by atoms with Crippen LogP contribution in [0.5, 0.6) is 0 Å². The second-order valence-electron chi connectivity index (χ2n) is 4.88. The van der Waals surface area contributed by atoms with E-state index in [9.17, 15) is 10.4 Å². The smallest absolute Gasteiger partial charge is 0.185 e. The first-order chi connectivity index (χ1) is 8.15. The summed E-state index contributed by atoms with van der Waals surface area (Å²) < 4.78 is 0. The molecule has 1 heterocycles. The summed E-state index contributed by atoms with van der Waals surface area (Å²) in [6, 6.07) is 11.9. The SMILES string of the molecule is BN1CCC(O)(C(C#N)c2ccccc2)CC1. The molecule has 0 aliphatic carbocycles. The second-order valence-corrected chi connectivity index (χ2v) is 4.88. The van der Waals surface area contributed by atoms with Gasteiger partial charge in [-0.05, 0) is 31.5 Å². The van der Waals surface area contributed by atoms with Crippen LogP contribution in [0.2, 0.25) is 0 Å². The Labute approximate surface area is 103 Å². The lowest BCUT2D eigenvalue weighted by molar-refractivity contribution is -0.0154. The Kier molecular flexibility index (Phi) is 3.51. The van der Waals surface area contributed by atoms with Crippen molar-refractivity contribution in [2.24, 2.45) is 0 Å². The fraction of sp³-hybridized carbons (Fsp3) is 0.462. The van der Waals surface area contributed by atoms with Gasteiger partial charge in [-0.25, -0.2) is 0 Å². The summed E-state index contributed by atoms with van der Waals surface area (Å²) >= 11 is 0. The highest BCUT2D eigenvalue weighted by Gasteiger charge is 2.39. The van der Waals surface area contributed by atoms with Gasteiger partial charge >= 0.3 is 0 Å². The fourth-order valence-electron chi connectivity index (χ4n) is 2.44. The summed E-state index contributed by atoms with van der Waals surface area (Å²) in [6.45, 7) is 1.70. The average Bonchev–Trinajstić information content (AvgIpc) is 2.35. The van der Waals surface area contributed by atoms with Gasteiger partial charge in [-0.2, -0.15) is 5.26 Å². The molecule has 1 fully saturated rings. The van der Waals surface area contributed by atoms with Gasteiger partial charge in [-0.1, -0.05) is 30.3 Å². The summed E-state index contributed by atoms with van der Waals surface area (Å²) in [5.41, 5.74) is 0.0462. The molecule has 1 unspecified atom stereocenters. The molecule has 17 heavy (non-hydrogen) atoms. The van der Waals surface area contributed by atoms with Gasteiger partial charge in [0.15, 0.2) is 7.98 Å². The van der Waals surface area contributed by atoms with Crippen LogP contribution in [0.25, 0.3) is 0 Å². The minimum atomic E-state index is -0.872. The maximum atomic E-state index is 10.7. The van der Waals surface area contributed by atoms with Crippen LogP contribution < -0.4 is 0 Å². The Hall–Kier alpha value is -1.31. The molecule has 0 amide bonds. The van der Waals surface area contributed by atoms with E-state index in [1.165, 1.54) is 0 Å². The third kappa shape index (κ3) is 2.51. The first-order valence-corrected chi connectivity index (χ1v) is 6.01. The average molecular weight is 228 g/mol. The number of rotatable bonds is 2. The van der Waals surface area contributed by atoms with Gasteiger partial charge in [0, 0.05) is 0 Å². The van der Waals surface area contributed by atoms with Crippen molar-refractivity contribution in [3.05, 3.63) is 35.9 Å². The Morgan fingerprint density at radius 3 is 2.41 bits per heavy atom. The number of nitriles is 1. The number of hydrogen-bond donors (Lipinski definition) is 1. The first-order valence-electron chi connectivity index (χ1n) is 6.01. The zero-order chi connectivity index (χ0) is 12.3. The molecule has 1 atom stereocenters. The van der Waals surface area contributed by atoms with Crippen molar-refractivity contribution in [1.82, 2.24) is 4.81 Å². The Balaban J connectivity index is 2.22. The predicted octanol–water partition coefficient (Wildman–Crippen LogP) is 0.669. The Bertz CT molecular complexity index is 407. The molecule has 1 aliphatic heterocycles. The standard InChI is InChI=1S/C13H17BN2O/c14-16-8-6-13(17,7-9-16)12(10-15)11-4-2-1-3-5-11/h1-5,12,17H,6-9,14H2. The van der Waals surface area contributed by atoms with Crippen LogP contribution in [0.4, 0.5) is 0 Å². The molecule has 1 saturated heterocycles. The summed E-state index contributed by atoms with van der Waals surface area (Å²) in [4.78, 5) is 2.19. The topological polar surface area (TPSA) is 47.3 Å². The van der Waals surface area contributed by atoms with E-state index < -0.39 is 11.5 Å². The van der Waals surface area contributed by atoms with Gasteiger partial charge in [-0.3, -0.25) is 0 Å². The summed E-state index contributed by atoms with van der Waals surface area (Å²) in [5.74, 6) is -0.419. The molecule has 1 N–H and O–H groups in total. The molecular formula is C13H17BN2O. The third-order valence-electron chi connectivity index (χ3n) is 3.65. The minimum absolute atomic E-state index is 0.419. The van der Waals surface area contributed by atoms with E-state index in [0.717, 1.165) is 18.7 Å². The predicted molar refractivity (Wildman–Crippen MR) is 69.1 cm³/mol. The van der Waals surface area contributed by atoms with Crippen molar-refractivity contribution in [3.8, 4) is 6.07 Å². The van der Waals surface area contributed by atoms with E-state index >= 15 is 0 Å². The number of hydrogen-bond acceptors (Lipinski definition) is 3. The molecule has 1 aromatic rings. The van der Waals surface area contributed by atoms with Crippen molar-refractivity contribution in [2.75, 3.05) is 13.1 Å². The summed E-state index contributed by atoms with van der Waals surface area (Å²) in [5, 5.41) is 20.0. The van der Waals surface area contributed by atoms with Crippen molar-refractivity contribution in [1.29, 1.82) is 5.26 Å². The molecular weight excluding hydrogens is 211 g/mol. The number of nitrogens with zero attached hydrogens (tertiary/aromatic N) is 2. The normalized spacial score (nSPS) is 21.6. The van der Waals surface area contributed by atoms with Crippen LogP contribution in [0, 0.1) is 11.3 Å². The molecule has 2 rings (SSSR count). The van der Waals surface area contributed by atoms with Crippen LogP contribution in [-0.4, -0.2) is 36.6 Å². The number of benzene rings is 1. The highest BCUT2D eigenvalue weighted by atomic mass is 16.3. The van der Waals surface area contributed by atoms with E-state index in [4.69, 9.17) is 0 Å². The Morgan fingerprint density at radius 2 is 1.88 bits per heavy atom. The maximum absolute atomic E-state index is 10.7. The van der Waals surface area contributed by atoms with Crippen LogP contribution in [-0.2, 0) is 0 Å². The molecule has 0 spiro atoms. The van der Waals surface area contributed by atoms with Crippen molar-refractivity contribution in [2.45, 2.75) is 24.4 Å². The largest absolute Gasteiger partial charge is 0.388 e. The molecule has 3 nitrogen and oxygen atoms in total. The molecule has 0 aromatic heterocycles. The van der Waals surface area contributed by atoms with Gasteiger partial charge in [0.25, 0.3) is 0 Å². The monoisotopic (exact) mass is 228 g/mol. The van der Waals surface area contributed by atoms with Gasteiger partial charge in [-0.15, -0.1) is 0 Å². The van der Waals surface area contributed by atoms with Crippen molar-refractivity contribution >= 4 is 7.98 Å². The van der Waals surface area contributed by atoms with E-state index in [1.54, 1.807) is 0 Å². The van der Waals surface area contributed by atoms with Crippen LogP contribution in [0.1, 0.15) is 24.3 Å². The van der Waals surface area contributed by atoms with E-state index in [0.29, 0.717) is 12.8 Å². The highest BCUT2D eigenvalue weighted by Crippen LogP contribution is 2.35. The van der Waals surface area contributed by atoms with E-state index in [-0.39, 0.29) is 0 Å². The van der Waals surface area contributed by atoms with Gasteiger partial charge in [0.2, 0.25) is 0 Å². The van der Waals surface area contributed by atoms with Gasteiger partial charge in [0.05, 0.1) is 11.7 Å². The molecule has 88 valence electrons. The Morgan fingerprint density at radius 1 is 1.29 bits per heavy atom. The minimum Gasteiger partial charge on any atom is -0.388 e. The quantitative estimate of drug-likeness (QED) is 0.757. The molecule has 0 radical (unpaired) electrons. The third-order valence-corrected chi connectivity index (χ3v) is 3.65. The maximum Gasteiger partial charge on any atom is 0.185 e. The summed E-state index contributed by atoms with van der Waals surface area (Å²) in [7, 11) is 2.05. The fourth-order valence-corrected chi connectivity index (χ4v) is 2.44. The lowest BCUT2D eigenvalue weighted by Crippen LogP contribution is -2.46. The van der Waals surface area contributed by atoms with Crippen LogP contribution in [0.15, 0.2) is 30.3 Å². The molecule has 4 heteroatoms. The molecule has 0 saturated carbocycles. The lowest BCUT2D eigenvalue weighted by Gasteiger charge is -2.39. The highest BCUT2D eigenvalue weighted by molar-refractivity contribution is 6.04. The first kappa shape index (κ1) is 12.2. The van der Waals surface area contributed by atoms with Crippen molar-refractivity contribution < 1.29 is 5.11 Å². The van der Waals surface area contributed by atoms with Gasteiger partial charge in [0.1, 0.15) is 5.92 Å². The second kappa shape index (κ2) is 4.91. The van der Waals surface area contributed by atoms with Crippen molar-refractivity contribution in [3.63, 3.8) is 0 Å². The van der Waals surface area contributed by atoms with E-state index in [2.05, 4.69) is 10.9 Å². The molecule has 0 bridgehead atoms.